The van der Waals surface area contributed by atoms with E-state index < -0.39 is 13.2 Å². The zero-order chi connectivity index (χ0) is 16.8. The van der Waals surface area contributed by atoms with E-state index in [2.05, 4.69) is 14.8 Å². The van der Waals surface area contributed by atoms with Crippen LogP contribution >= 0.6 is 0 Å². The lowest BCUT2D eigenvalue weighted by Crippen LogP contribution is -2.08. The maximum absolute atomic E-state index is 12.5. The highest BCUT2D eigenvalue weighted by atomic mass is 19.3. The summed E-state index contributed by atoms with van der Waals surface area (Å²) in [6.07, 6.45) is 0. The number of benzene rings is 2. The van der Waals surface area contributed by atoms with Gasteiger partial charge in [-0.05, 0) is 24.6 Å². The molecule has 0 atom stereocenters. The fraction of sp³-hybridized carbons (Fsp3) is 0.250. The Morgan fingerprint density at radius 3 is 2.35 bits per heavy atom. The van der Waals surface area contributed by atoms with Crippen LogP contribution in [0, 0.1) is 6.92 Å². The molecule has 2 aromatic carbocycles. The van der Waals surface area contributed by atoms with Crippen LogP contribution in [-0.4, -0.2) is 13.2 Å². The van der Waals surface area contributed by atoms with Crippen molar-refractivity contribution in [1.29, 1.82) is 0 Å². The Morgan fingerprint density at radius 2 is 1.70 bits per heavy atom. The van der Waals surface area contributed by atoms with Gasteiger partial charge in [0.15, 0.2) is 5.75 Å². The van der Waals surface area contributed by atoms with Crippen molar-refractivity contribution in [3.05, 3.63) is 53.6 Å². The van der Waals surface area contributed by atoms with Crippen LogP contribution in [0.1, 0.15) is 11.1 Å². The minimum absolute atomic E-state index is 0.253. The molecule has 0 saturated heterocycles. The van der Waals surface area contributed by atoms with Gasteiger partial charge in [0.25, 0.3) is 0 Å². The highest BCUT2D eigenvalue weighted by molar-refractivity contribution is 5.59. The molecule has 3 nitrogen and oxygen atoms in total. The first-order chi connectivity index (χ1) is 10.9. The third kappa shape index (κ3) is 5.36. The minimum atomic E-state index is -3.07. The van der Waals surface area contributed by atoms with Gasteiger partial charge >= 0.3 is 13.2 Å². The molecule has 7 heteroatoms. The zero-order valence-corrected chi connectivity index (χ0v) is 12.2. The molecule has 124 valence electrons. The van der Waals surface area contributed by atoms with Gasteiger partial charge in [0.2, 0.25) is 0 Å². The Kier molecular flexibility index (Phi) is 5.67. The van der Waals surface area contributed by atoms with Crippen molar-refractivity contribution >= 4 is 5.69 Å². The van der Waals surface area contributed by atoms with Gasteiger partial charge in [-0.3, -0.25) is 0 Å². The predicted molar refractivity (Wildman–Crippen MR) is 78.2 cm³/mol. The number of ether oxygens (including phenoxy) is 2. The third-order valence-electron chi connectivity index (χ3n) is 2.96. The molecule has 0 aliphatic carbocycles. The van der Waals surface area contributed by atoms with Gasteiger partial charge in [0.05, 0.1) is 5.69 Å². The molecule has 0 bridgehead atoms. The van der Waals surface area contributed by atoms with Crippen molar-refractivity contribution in [3.63, 3.8) is 0 Å². The first-order valence-corrected chi connectivity index (χ1v) is 6.77. The second kappa shape index (κ2) is 7.71. The summed E-state index contributed by atoms with van der Waals surface area (Å²) in [6, 6.07) is 11.2. The standard InChI is InChI=1S/C16H15F4NO2/c1-10-3-2-4-11(7-10)9-21-13-6-5-12(22-15(17)18)8-14(13)23-16(19)20/h2-8,15-16,21H,9H2,1H3. The summed E-state index contributed by atoms with van der Waals surface area (Å²) >= 11 is 0. The maximum Gasteiger partial charge on any atom is 0.387 e. The number of anilines is 1. The summed E-state index contributed by atoms with van der Waals surface area (Å²) in [7, 11) is 0. The van der Waals surface area contributed by atoms with E-state index >= 15 is 0 Å². The van der Waals surface area contributed by atoms with E-state index in [4.69, 9.17) is 0 Å². The molecule has 23 heavy (non-hydrogen) atoms. The topological polar surface area (TPSA) is 30.5 Å². The quantitative estimate of drug-likeness (QED) is 0.740. The molecule has 0 aliphatic heterocycles. The van der Waals surface area contributed by atoms with E-state index in [1.807, 2.05) is 31.2 Å². The number of hydrogen-bond donors (Lipinski definition) is 1. The smallest absolute Gasteiger partial charge is 0.387 e. The van der Waals surface area contributed by atoms with E-state index in [-0.39, 0.29) is 17.2 Å². The van der Waals surface area contributed by atoms with Crippen molar-refractivity contribution in [3.8, 4) is 11.5 Å². The largest absolute Gasteiger partial charge is 0.435 e. The molecule has 0 saturated carbocycles. The van der Waals surface area contributed by atoms with E-state index in [0.29, 0.717) is 6.54 Å². The molecule has 0 unspecified atom stereocenters. The minimum Gasteiger partial charge on any atom is -0.435 e. The lowest BCUT2D eigenvalue weighted by molar-refractivity contribution is -0.0539. The van der Waals surface area contributed by atoms with Crippen LogP contribution in [0.15, 0.2) is 42.5 Å². The predicted octanol–water partition coefficient (Wildman–Crippen LogP) is 4.81. The maximum atomic E-state index is 12.5. The van der Waals surface area contributed by atoms with Gasteiger partial charge in [-0.15, -0.1) is 0 Å². The summed E-state index contributed by atoms with van der Waals surface area (Å²) in [5, 5.41) is 2.94. The second-order valence-corrected chi connectivity index (χ2v) is 4.76. The summed E-state index contributed by atoms with van der Waals surface area (Å²) in [4.78, 5) is 0. The van der Waals surface area contributed by atoms with Crippen LogP contribution in [0.4, 0.5) is 23.2 Å². The summed E-state index contributed by atoms with van der Waals surface area (Å²) in [5.41, 5.74) is 2.27. The zero-order valence-electron chi connectivity index (χ0n) is 12.2. The van der Waals surface area contributed by atoms with Gasteiger partial charge in [0.1, 0.15) is 5.75 Å². The van der Waals surface area contributed by atoms with E-state index in [1.165, 1.54) is 12.1 Å². The Balaban J connectivity index is 2.15. The lowest BCUT2D eigenvalue weighted by atomic mass is 10.1. The Bertz CT molecular complexity index is 650. The van der Waals surface area contributed by atoms with E-state index in [9.17, 15) is 17.6 Å². The average molecular weight is 329 g/mol. The molecule has 1 N–H and O–H groups in total. The Labute approximate surface area is 130 Å². The van der Waals surface area contributed by atoms with Crippen LogP contribution in [0.25, 0.3) is 0 Å². The third-order valence-corrected chi connectivity index (χ3v) is 2.96. The number of alkyl halides is 4. The average Bonchev–Trinajstić information content (AvgIpc) is 2.45. The van der Waals surface area contributed by atoms with Crippen LogP contribution in [-0.2, 0) is 6.54 Å². The van der Waals surface area contributed by atoms with E-state index in [1.54, 1.807) is 0 Å². The highest BCUT2D eigenvalue weighted by Gasteiger charge is 2.13. The molecule has 2 rings (SSSR count). The first-order valence-electron chi connectivity index (χ1n) is 6.77. The number of halogens is 4. The first kappa shape index (κ1) is 16.9. The molecule has 0 aromatic heterocycles. The molecule has 0 amide bonds. The fourth-order valence-corrected chi connectivity index (χ4v) is 2.04. The van der Waals surface area contributed by atoms with Crippen molar-refractivity contribution in [2.24, 2.45) is 0 Å². The van der Waals surface area contributed by atoms with Gasteiger partial charge in [-0.2, -0.15) is 17.6 Å². The number of hydrogen-bond acceptors (Lipinski definition) is 3. The van der Waals surface area contributed by atoms with Crippen LogP contribution in [0.5, 0.6) is 11.5 Å². The SMILES string of the molecule is Cc1cccc(CNc2ccc(OC(F)F)cc2OC(F)F)c1. The molecule has 0 spiro atoms. The Hall–Kier alpha value is -2.44. The number of aryl methyl sites for hydroxylation is 1. The second-order valence-electron chi connectivity index (χ2n) is 4.76. The lowest BCUT2D eigenvalue weighted by Gasteiger charge is -2.14. The summed E-state index contributed by atoms with van der Waals surface area (Å²) in [6.45, 7) is -3.81. The van der Waals surface area contributed by atoms with Gasteiger partial charge < -0.3 is 14.8 Å². The molecular weight excluding hydrogens is 314 g/mol. The number of nitrogens with one attached hydrogen (secondary N) is 1. The highest BCUT2D eigenvalue weighted by Crippen LogP contribution is 2.31. The van der Waals surface area contributed by atoms with Gasteiger partial charge in [0, 0.05) is 12.6 Å². The molecule has 2 aromatic rings. The van der Waals surface area contributed by atoms with Gasteiger partial charge in [-0.25, -0.2) is 0 Å². The van der Waals surface area contributed by atoms with Gasteiger partial charge in [-0.1, -0.05) is 29.8 Å². The van der Waals surface area contributed by atoms with Crippen molar-refractivity contribution in [2.75, 3.05) is 5.32 Å². The molecule has 0 radical (unpaired) electrons. The molecule has 0 heterocycles. The van der Waals surface area contributed by atoms with Crippen molar-refractivity contribution in [2.45, 2.75) is 26.7 Å². The van der Waals surface area contributed by atoms with Crippen molar-refractivity contribution < 1.29 is 27.0 Å². The van der Waals surface area contributed by atoms with E-state index in [0.717, 1.165) is 17.2 Å². The number of rotatable bonds is 7. The van der Waals surface area contributed by atoms with Crippen LogP contribution in [0.2, 0.25) is 0 Å². The van der Waals surface area contributed by atoms with Crippen LogP contribution < -0.4 is 14.8 Å². The van der Waals surface area contributed by atoms with Crippen molar-refractivity contribution in [1.82, 2.24) is 0 Å². The normalized spacial score (nSPS) is 10.9. The van der Waals surface area contributed by atoms with Crippen LogP contribution in [0.3, 0.4) is 0 Å². The molecular formula is C16H15F4NO2. The Morgan fingerprint density at radius 1 is 0.957 bits per heavy atom. The molecule has 0 fully saturated rings. The monoisotopic (exact) mass is 329 g/mol. The molecule has 0 aliphatic rings. The summed E-state index contributed by atoms with van der Waals surface area (Å²) in [5.74, 6) is -0.512. The fourth-order valence-electron chi connectivity index (χ4n) is 2.04. The summed E-state index contributed by atoms with van der Waals surface area (Å²) < 4.78 is 57.9.